The first-order valence-corrected chi connectivity index (χ1v) is 21.6. The molecule has 0 bridgehead atoms. The average molecular weight is 771 g/mol. The van der Waals surface area contributed by atoms with Crippen LogP contribution in [0.2, 0.25) is 0 Å². The second-order valence-corrected chi connectivity index (χ2v) is 17.5. The highest BCUT2D eigenvalue weighted by Crippen LogP contribution is 2.45. The van der Waals surface area contributed by atoms with Crippen molar-refractivity contribution in [3.05, 3.63) is 180 Å². The van der Waals surface area contributed by atoms with Crippen LogP contribution in [0.3, 0.4) is 0 Å². The Bertz CT molecular complexity index is 3190. The summed E-state index contributed by atoms with van der Waals surface area (Å²) < 4.78 is 7.74. The number of aromatic nitrogens is 1. The van der Waals surface area contributed by atoms with Gasteiger partial charge in [0.2, 0.25) is 0 Å². The Morgan fingerprint density at radius 2 is 1.58 bits per heavy atom. The molecule has 2 aliphatic carbocycles. The highest BCUT2D eigenvalue weighted by Gasteiger charge is 2.29. The summed E-state index contributed by atoms with van der Waals surface area (Å²) in [5.74, 6) is 1.26. The Morgan fingerprint density at radius 1 is 0.684 bits per heavy atom. The van der Waals surface area contributed by atoms with Crippen molar-refractivity contribution in [2.45, 2.75) is 31.6 Å². The predicted octanol–water partition coefficient (Wildman–Crippen LogP) is 13.4. The van der Waals surface area contributed by atoms with E-state index in [-0.39, 0.29) is 18.2 Å². The number of aliphatic imine (C=N–C) groups is 1. The lowest BCUT2D eigenvalue weighted by atomic mass is 9.96. The standard InChI is InChI=1S/C51H38N4S2/c1-3-13-31(14-4-1)49-52-50(32-15-5-2-6-16-32)54-51(53-49)40-21-12-24-45-47(40)39-20-11-19-35(48(39)57-45)33-25-28-44-41(29-33)38-27-26-34(30-46(38)56-44)55-42-22-9-7-17-36(42)37-18-8-10-23-43(37)55/h1-9,11-15,17-22,24-30,32,49,51,53H,10,16,23H2,(H,52,54). The summed E-state index contributed by atoms with van der Waals surface area (Å²) in [4.78, 5) is 5.39. The number of nitrogens with one attached hydrogen (secondary N) is 2. The van der Waals surface area contributed by atoms with Gasteiger partial charge < -0.3 is 9.88 Å². The maximum Gasteiger partial charge on any atom is 0.130 e. The van der Waals surface area contributed by atoms with E-state index in [4.69, 9.17) is 4.99 Å². The van der Waals surface area contributed by atoms with Gasteiger partial charge in [-0.1, -0.05) is 127 Å². The van der Waals surface area contributed by atoms with Gasteiger partial charge in [-0.2, -0.15) is 0 Å². The zero-order chi connectivity index (χ0) is 37.5. The van der Waals surface area contributed by atoms with Gasteiger partial charge in [0.1, 0.15) is 18.2 Å². The Labute approximate surface area is 338 Å². The number of allylic oxidation sites excluding steroid dienone is 4. The van der Waals surface area contributed by atoms with Crippen LogP contribution in [0, 0.1) is 5.92 Å². The Balaban J connectivity index is 0.957. The fourth-order valence-electron chi connectivity index (χ4n) is 9.40. The number of hydrogen-bond donors (Lipinski definition) is 2. The van der Waals surface area contributed by atoms with Crippen molar-refractivity contribution in [2.75, 3.05) is 0 Å². The van der Waals surface area contributed by atoms with E-state index >= 15 is 0 Å². The summed E-state index contributed by atoms with van der Waals surface area (Å²) in [6.07, 6.45) is 16.3. The van der Waals surface area contributed by atoms with Gasteiger partial charge in [-0.3, -0.25) is 5.32 Å². The third-order valence-corrected chi connectivity index (χ3v) is 14.4. The molecule has 3 unspecified atom stereocenters. The van der Waals surface area contributed by atoms with Crippen LogP contribution in [-0.2, 0) is 6.42 Å². The van der Waals surface area contributed by atoms with Gasteiger partial charge in [0.25, 0.3) is 0 Å². The first-order valence-electron chi connectivity index (χ1n) is 19.9. The smallest absolute Gasteiger partial charge is 0.130 e. The van der Waals surface area contributed by atoms with Crippen molar-refractivity contribution in [3.63, 3.8) is 0 Å². The molecule has 274 valence electrons. The van der Waals surface area contributed by atoms with Crippen molar-refractivity contribution in [1.82, 2.24) is 15.2 Å². The molecule has 6 heteroatoms. The molecular weight excluding hydrogens is 733 g/mol. The molecule has 3 atom stereocenters. The van der Waals surface area contributed by atoms with Crippen LogP contribution in [-0.4, -0.2) is 10.4 Å². The van der Waals surface area contributed by atoms with Crippen molar-refractivity contribution in [1.29, 1.82) is 0 Å². The van der Waals surface area contributed by atoms with Crippen LogP contribution in [0.4, 0.5) is 0 Å². The van der Waals surface area contributed by atoms with Gasteiger partial charge in [-0.05, 0) is 72.4 Å². The largest absolute Gasteiger partial charge is 0.354 e. The number of hydrogen-bond acceptors (Lipinski definition) is 5. The second kappa shape index (κ2) is 13.3. The number of nitrogens with zero attached hydrogens (tertiary/aromatic N) is 2. The van der Waals surface area contributed by atoms with E-state index < -0.39 is 0 Å². The molecule has 4 heterocycles. The fourth-order valence-corrected chi connectivity index (χ4v) is 11.8. The number of fused-ring (bicyclic) bond motifs is 9. The molecule has 0 saturated carbocycles. The number of amidine groups is 1. The van der Waals surface area contributed by atoms with Crippen LogP contribution in [0.15, 0.2) is 163 Å². The van der Waals surface area contributed by atoms with Gasteiger partial charge >= 0.3 is 0 Å². The number of benzene rings is 6. The quantitative estimate of drug-likeness (QED) is 0.183. The van der Waals surface area contributed by atoms with E-state index in [2.05, 4.69) is 179 Å². The van der Waals surface area contributed by atoms with E-state index in [1.165, 1.54) is 90.4 Å². The van der Waals surface area contributed by atoms with E-state index in [1.807, 2.05) is 22.7 Å². The third kappa shape index (κ3) is 5.39. The first-order chi connectivity index (χ1) is 28.2. The van der Waals surface area contributed by atoms with E-state index in [0.717, 1.165) is 25.1 Å². The molecule has 9 aromatic rings. The maximum absolute atomic E-state index is 5.39. The number of para-hydroxylation sites is 1. The molecule has 6 aromatic carbocycles. The molecule has 12 rings (SSSR count). The van der Waals surface area contributed by atoms with E-state index in [9.17, 15) is 0 Å². The maximum atomic E-state index is 5.39. The summed E-state index contributed by atoms with van der Waals surface area (Å²) in [5.41, 5.74) is 10.3. The van der Waals surface area contributed by atoms with Crippen LogP contribution in [0.5, 0.6) is 0 Å². The Kier molecular flexibility index (Phi) is 7.71. The molecule has 1 aliphatic heterocycles. The molecule has 0 amide bonds. The summed E-state index contributed by atoms with van der Waals surface area (Å²) in [6, 6.07) is 47.3. The van der Waals surface area contributed by atoms with Crippen molar-refractivity contribution in [3.8, 4) is 16.8 Å². The molecule has 0 fully saturated rings. The average Bonchev–Trinajstić information content (AvgIpc) is 3.96. The van der Waals surface area contributed by atoms with Crippen molar-refractivity contribution < 1.29 is 0 Å². The molecule has 0 spiro atoms. The summed E-state index contributed by atoms with van der Waals surface area (Å²) >= 11 is 3.79. The molecule has 0 saturated heterocycles. The number of thiophene rings is 2. The molecular formula is C51H38N4S2. The number of rotatable bonds is 5. The van der Waals surface area contributed by atoms with Crippen LogP contribution in [0.25, 0.3) is 74.1 Å². The highest BCUT2D eigenvalue weighted by atomic mass is 32.1. The van der Waals surface area contributed by atoms with Gasteiger partial charge in [0, 0.05) is 74.2 Å². The summed E-state index contributed by atoms with van der Waals surface area (Å²) in [5, 5.41) is 14.2. The molecule has 3 aromatic heterocycles. The lowest BCUT2D eigenvalue weighted by Gasteiger charge is -2.34. The monoisotopic (exact) mass is 770 g/mol. The van der Waals surface area contributed by atoms with Gasteiger partial charge in [0.05, 0.1) is 5.52 Å². The van der Waals surface area contributed by atoms with Crippen molar-refractivity contribution in [2.24, 2.45) is 10.9 Å². The zero-order valence-electron chi connectivity index (χ0n) is 31.2. The first kappa shape index (κ1) is 33.1. The highest BCUT2D eigenvalue weighted by molar-refractivity contribution is 7.26. The molecule has 2 N–H and O–H groups in total. The van der Waals surface area contributed by atoms with Crippen LogP contribution >= 0.6 is 22.7 Å². The Morgan fingerprint density at radius 3 is 2.51 bits per heavy atom. The third-order valence-electron chi connectivity index (χ3n) is 12.1. The van der Waals surface area contributed by atoms with Crippen LogP contribution < -0.4 is 10.6 Å². The SMILES string of the molecule is C1=CCC(C2=NC(c3cccc4sc5c(-c6ccc7sc8cc(-n9c%10c(c%11ccccc%119)C=CCC%10)ccc8c7c6)cccc5c34)NC(c3ccccc3)N2)C=C1. The van der Waals surface area contributed by atoms with Gasteiger partial charge in [-0.25, -0.2) is 4.99 Å². The minimum absolute atomic E-state index is 0.0490. The second-order valence-electron chi connectivity index (χ2n) is 15.4. The van der Waals surface area contributed by atoms with Gasteiger partial charge in [-0.15, -0.1) is 22.7 Å². The molecule has 57 heavy (non-hydrogen) atoms. The molecule has 0 radical (unpaired) electrons. The Hall–Kier alpha value is -6.05. The molecule has 4 nitrogen and oxygen atoms in total. The predicted molar refractivity (Wildman–Crippen MR) is 244 cm³/mol. The molecule has 3 aliphatic rings. The van der Waals surface area contributed by atoms with E-state index in [1.54, 1.807) is 0 Å². The van der Waals surface area contributed by atoms with E-state index in [0.29, 0.717) is 0 Å². The lowest BCUT2D eigenvalue weighted by Crippen LogP contribution is -2.47. The fraction of sp³-hybridized carbons (Fsp3) is 0.118. The topological polar surface area (TPSA) is 41.4 Å². The van der Waals surface area contributed by atoms with Crippen LogP contribution in [0.1, 0.15) is 47.6 Å². The minimum Gasteiger partial charge on any atom is -0.354 e. The summed E-state index contributed by atoms with van der Waals surface area (Å²) in [7, 11) is 0. The minimum atomic E-state index is -0.194. The summed E-state index contributed by atoms with van der Waals surface area (Å²) in [6.45, 7) is 0. The van der Waals surface area contributed by atoms with Crippen molar-refractivity contribution >= 4 is 85.8 Å². The normalized spacial score (nSPS) is 19.2. The van der Waals surface area contributed by atoms with Gasteiger partial charge in [0.15, 0.2) is 0 Å². The lowest BCUT2D eigenvalue weighted by molar-refractivity contribution is 0.401. The zero-order valence-corrected chi connectivity index (χ0v) is 32.8.